The Bertz CT molecular complexity index is 731. The summed E-state index contributed by atoms with van der Waals surface area (Å²) < 4.78 is 5.66. The van der Waals surface area contributed by atoms with Crippen molar-refractivity contribution in [2.24, 2.45) is 0 Å². The van der Waals surface area contributed by atoms with Crippen molar-refractivity contribution < 1.29 is 9.53 Å². The van der Waals surface area contributed by atoms with Crippen LogP contribution in [0.5, 0.6) is 5.75 Å². The number of hydrogen-bond acceptors (Lipinski definition) is 3. The molecule has 0 atom stereocenters. The molecule has 1 aliphatic rings. The molecule has 1 heterocycles. The van der Waals surface area contributed by atoms with Gasteiger partial charge in [0.05, 0.1) is 11.6 Å². The molecule has 5 nitrogen and oxygen atoms in total. The van der Waals surface area contributed by atoms with Gasteiger partial charge in [-0.2, -0.15) is 0 Å². The van der Waals surface area contributed by atoms with Crippen LogP contribution in [0.15, 0.2) is 48.5 Å². The molecule has 1 fully saturated rings. The van der Waals surface area contributed by atoms with Gasteiger partial charge in [-0.1, -0.05) is 35.9 Å². The van der Waals surface area contributed by atoms with Gasteiger partial charge in [-0.25, -0.2) is 4.79 Å². The van der Waals surface area contributed by atoms with E-state index in [1.807, 2.05) is 48.2 Å². The summed E-state index contributed by atoms with van der Waals surface area (Å²) in [6, 6.07) is 15.9. The van der Waals surface area contributed by atoms with Gasteiger partial charge in [0, 0.05) is 31.9 Å². The molecular formula is C20H24ClN3O2. The second-order valence-corrected chi connectivity index (χ2v) is 6.73. The molecule has 0 bridgehead atoms. The van der Waals surface area contributed by atoms with E-state index in [0.717, 1.165) is 18.7 Å². The number of rotatable bonds is 5. The van der Waals surface area contributed by atoms with Crippen molar-refractivity contribution in [2.45, 2.75) is 6.92 Å². The Balaban J connectivity index is 1.39. The molecule has 0 saturated carbocycles. The molecule has 0 unspecified atom stereocenters. The summed E-state index contributed by atoms with van der Waals surface area (Å²) in [4.78, 5) is 16.4. The smallest absolute Gasteiger partial charge is 0.317 e. The van der Waals surface area contributed by atoms with Gasteiger partial charge in [0.25, 0.3) is 0 Å². The molecule has 26 heavy (non-hydrogen) atoms. The van der Waals surface area contributed by atoms with Crippen LogP contribution in [0.3, 0.4) is 0 Å². The van der Waals surface area contributed by atoms with E-state index in [2.05, 4.69) is 22.3 Å². The Labute approximate surface area is 159 Å². The summed E-state index contributed by atoms with van der Waals surface area (Å²) in [5.74, 6) is 0.650. The molecule has 1 N–H and O–H groups in total. The summed E-state index contributed by atoms with van der Waals surface area (Å²) in [6.07, 6.45) is 0. The van der Waals surface area contributed by atoms with Crippen molar-refractivity contribution in [3.8, 4) is 5.75 Å². The number of benzene rings is 2. The number of hydrogen-bond donors (Lipinski definition) is 1. The van der Waals surface area contributed by atoms with E-state index in [0.29, 0.717) is 37.0 Å². The minimum Gasteiger partial charge on any atom is -0.490 e. The lowest BCUT2D eigenvalue weighted by Crippen LogP contribution is -2.52. The van der Waals surface area contributed by atoms with E-state index in [4.69, 9.17) is 16.3 Å². The Morgan fingerprint density at radius 3 is 2.58 bits per heavy atom. The van der Waals surface area contributed by atoms with Gasteiger partial charge in [0.15, 0.2) is 0 Å². The quantitative estimate of drug-likeness (QED) is 0.815. The number of carbonyl (C=O) groups excluding carboxylic acids is 1. The number of piperazine rings is 1. The maximum Gasteiger partial charge on any atom is 0.317 e. The van der Waals surface area contributed by atoms with Crippen LogP contribution in [0.1, 0.15) is 5.56 Å². The fourth-order valence-corrected chi connectivity index (χ4v) is 3.13. The first-order chi connectivity index (χ1) is 12.6. The molecule has 2 aromatic rings. The molecule has 0 aliphatic carbocycles. The first-order valence-corrected chi connectivity index (χ1v) is 9.23. The predicted molar refractivity (Wildman–Crippen MR) is 105 cm³/mol. The van der Waals surface area contributed by atoms with Crippen molar-refractivity contribution in [2.75, 3.05) is 44.2 Å². The minimum atomic E-state index is -0.0448. The average Bonchev–Trinajstić information content (AvgIpc) is 2.68. The largest absolute Gasteiger partial charge is 0.490 e. The van der Waals surface area contributed by atoms with Crippen LogP contribution in [0.4, 0.5) is 10.5 Å². The first kappa shape index (κ1) is 18.4. The van der Waals surface area contributed by atoms with Crippen molar-refractivity contribution in [1.82, 2.24) is 10.2 Å². The molecule has 1 saturated heterocycles. The van der Waals surface area contributed by atoms with Crippen molar-refractivity contribution >= 4 is 23.3 Å². The number of nitrogens with zero attached hydrogens (tertiary/aromatic N) is 2. The predicted octanol–water partition coefficient (Wildman–Crippen LogP) is 3.56. The zero-order chi connectivity index (χ0) is 18.4. The lowest BCUT2D eigenvalue weighted by molar-refractivity contribution is 0.191. The number of halogens is 1. The fraction of sp³-hybridized carbons (Fsp3) is 0.350. The monoisotopic (exact) mass is 373 g/mol. The van der Waals surface area contributed by atoms with Crippen molar-refractivity contribution in [3.05, 3.63) is 59.1 Å². The Morgan fingerprint density at radius 1 is 1.12 bits per heavy atom. The molecule has 2 amide bonds. The summed E-state index contributed by atoms with van der Waals surface area (Å²) >= 11 is 6.10. The van der Waals surface area contributed by atoms with Crippen LogP contribution in [0.2, 0.25) is 5.02 Å². The van der Waals surface area contributed by atoms with Crippen LogP contribution in [0.25, 0.3) is 0 Å². The second kappa shape index (κ2) is 8.81. The van der Waals surface area contributed by atoms with Crippen LogP contribution in [-0.4, -0.2) is 50.3 Å². The third-order valence-corrected chi connectivity index (χ3v) is 4.72. The lowest BCUT2D eigenvalue weighted by atomic mass is 10.2. The zero-order valence-electron chi connectivity index (χ0n) is 15.0. The maximum atomic E-state index is 12.3. The molecule has 138 valence electrons. The normalized spacial score (nSPS) is 14.2. The maximum absolute atomic E-state index is 12.3. The van der Waals surface area contributed by atoms with E-state index in [-0.39, 0.29) is 6.03 Å². The first-order valence-electron chi connectivity index (χ1n) is 8.85. The Kier molecular flexibility index (Phi) is 6.23. The van der Waals surface area contributed by atoms with Gasteiger partial charge in [-0.15, -0.1) is 0 Å². The van der Waals surface area contributed by atoms with E-state index in [1.165, 1.54) is 5.69 Å². The number of anilines is 1. The van der Waals surface area contributed by atoms with E-state index >= 15 is 0 Å². The van der Waals surface area contributed by atoms with E-state index < -0.39 is 0 Å². The number of urea groups is 1. The number of aryl methyl sites for hydroxylation is 1. The van der Waals surface area contributed by atoms with Gasteiger partial charge in [-0.3, -0.25) is 0 Å². The van der Waals surface area contributed by atoms with Gasteiger partial charge in [0.1, 0.15) is 12.4 Å². The molecule has 0 aromatic heterocycles. The molecule has 0 radical (unpaired) electrons. The molecule has 1 aliphatic heterocycles. The summed E-state index contributed by atoms with van der Waals surface area (Å²) in [5.41, 5.74) is 2.29. The summed E-state index contributed by atoms with van der Waals surface area (Å²) in [6.45, 7) is 5.93. The minimum absolute atomic E-state index is 0.0448. The number of ether oxygens (including phenoxy) is 1. The van der Waals surface area contributed by atoms with Crippen molar-refractivity contribution in [1.29, 1.82) is 0 Å². The molecule has 0 spiro atoms. The summed E-state index contributed by atoms with van der Waals surface area (Å²) in [7, 11) is 0. The number of carbonyl (C=O) groups is 1. The highest BCUT2D eigenvalue weighted by molar-refractivity contribution is 6.32. The average molecular weight is 374 g/mol. The van der Waals surface area contributed by atoms with Gasteiger partial charge in [-0.05, 0) is 36.8 Å². The number of nitrogens with one attached hydrogen (secondary N) is 1. The molecule has 6 heteroatoms. The SMILES string of the molecule is Cc1ccc(Cl)c(OCCNC(=O)N2CCN(c3ccccc3)CC2)c1. The topological polar surface area (TPSA) is 44.8 Å². The standard InChI is InChI=1S/C20H24ClN3O2/c1-16-7-8-18(21)19(15-16)26-14-9-22-20(25)24-12-10-23(11-13-24)17-5-3-2-4-6-17/h2-8,15H,9-14H2,1H3,(H,22,25). The highest BCUT2D eigenvalue weighted by Crippen LogP contribution is 2.25. The van der Waals surface area contributed by atoms with Crippen molar-refractivity contribution in [3.63, 3.8) is 0 Å². The second-order valence-electron chi connectivity index (χ2n) is 6.32. The highest BCUT2D eigenvalue weighted by Gasteiger charge is 2.20. The fourth-order valence-electron chi connectivity index (χ4n) is 2.96. The molecule has 2 aromatic carbocycles. The summed E-state index contributed by atoms with van der Waals surface area (Å²) in [5, 5.41) is 3.49. The van der Waals surface area contributed by atoms with Crippen LogP contribution < -0.4 is 15.0 Å². The van der Waals surface area contributed by atoms with Crippen LogP contribution >= 0.6 is 11.6 Å². The van der Waals surface area contributed by atoms with Crippen LogP contribution in [-0.2, 0) is 0 Å². The number of para-hydroxylation sites is 1. The van der Waals surface area contributed by atoms with Crippen LogP contribution in [0, 0.1) is 6.92 Å². The Hall–Kier alpha value is -2.40. The molecule has 3 rings (SSSR count). The molecular weight excluding hydrogens is 350 g/mol. The van der Waals surface area contributed by atoms with Gasteiger partial charge >= 0.3 is 6.03 Å². The van der Waals surface area contributed by atoms with Gasteiger partial charge < -0.3 is 19.9 Å². The van der Waals surface area contributed by atoms with E-state index in [1.54, 1.807) is 0 Å². The highest BCUT2D eigenvalue weighted by atomic mass is 35.5. The van der Waals surface area contributed by atoms with Gasteiger partial charge in [0.2, 0.25) is 0 Å². The lowest BCUT2D eigenvalue weighted by Gasteiger charge is -2.36. The zero-order valence-corrected chi connectivity index (χ0v) is 15.7. The Morgan fingerprint density at radius 2 is 1.85 bits per heavy atom. The van der Waals surface area contributed by atoms with E-state index in [9.17, 15) is 4.79 Å². The third-order valence-electron chi connectivity index (χ3n) is 4.41. The number of amides is 2. The third kappa shape index (κ3) is 4.82.